The van der Waals surface area contributed by atoms with Crippen LogP contribution in [0.15, 0.2) is 48.5 Å². The van der Waals surface area contributed by atoms with E-state index < -0.39 is 0 Å². The third-order valence-corrected chi connectivity index (χ3v) is 3.43. The van der Waals surface area contributed by atoms with Crippen LogP contribution in [-0.4, -0.2) is 5.91 Å². The van der Waals surface area contributed by atoms with Gasteiger partial charge >= 0.3 is 0 Å². The lowest BCUT2D eigenvalue weighted by Crippen LogP contribution is -2.09. The lowest BCUT2D eigenvalue weighted by molar-refractivity contribution is -0.114. The molecule has 2 aromatic rings. The van der Waals surface area contributed by atoms with Gasteiger partial charge in [-0.1, -0.05) is 31.2 Å². The Hall–Kier alpha value is -2.29. The molecule has 0 aliphatic carbocycles. The molecule has 1 atom stereocenters. The number of hydrogen-bond donors (Lipinski definition) is 2. The van der Waals surface area contributed by atoms with E-state index in [-0.39, 0.29) is 11.9 Å². The van der Waals surface area contributed by atoms with Crippen molar-refractivity contribution < 1.29 is 4.79 Å². The Morgan fingerprint density at radius 3 is 2.52 bits per heavy atom. The number of anilines is 2. The molecular formula is C18H22N2O. The minimum atomic E-state index is -0.0524. The van der Waals surface area contributed by atoms with Gasteiger partial charge in [0.1, 0.15) is 0 Å². The van der Waals surface area contributed by atoms with E-state index >= 15 is 0 Å². The molecule has 1 amide bonds. The number of carbonyl (C=O) groups excluding carboxylic acids is 1. The number of rotatable bonds is 5. The second-order valence-electron chi connectivity index (χ2n) is 5.23. The summed E-state index contributed by atoms with van der Waals surface area (Å²) in [6.45, 7) is 5.79. The Balaban J connectivity index is 2.12. The predicted molar refractivity (Wildman–Crippen MR) is 88.6 cm³/mol. The van der Waals surface area contributed by atoms with E-state index in [0.29, 0.717) is 0 Å². The predicted octanol–water partition coefficient (Wildman–Crippen LogP) is 4.38. The molecule has 0 saturated heterocycles. The highest BCUT2D eigenvalue weighted by Gasteiger charge is 2.07. The van der Waals surface area contributed by atoms with Crippen LogP contribution in [0.4, 0.5) is 11.4 Å². The summed E-state index contributed by atoms with van der Waals surface area (Å²) in [5.74, 6) is -0.0524. The number of carbonyl (C=O) groups is 1. The summed E-state index contributed by atoms with van der Waals surface area (Å²) in [6, 6.07) is 16.5. The van der Waals surface area contributed by atoms with Crippen LogP contribution < -0.4 is 10.6 Å². The highest BCUT2D eigenvalue weighted by atomic mass is 16.1. The summed E-state index contributed by atoms with van der Waals surface area (Å²) < 4.78 is 0. The van der Waals surface area contributed by atoms with Gasteiger partial charge in [-0.3, -0.25) is 4.79 Å². The fourth-order valence-corrected chi connectivity index (χ4v) is 2.30. The first kappa shape index (κ1) is 15.1. The summed E-state index contributed by atoms with van der Waals surface area (Å²) >= 11 is 0. The molecule has 0 aliphatic heterocycles. The topological polar surface area (TPSA) is 41.1 Å². The third-order valence-electron chi connectivity index (χ3n) is 3.43. The Labute approximate surface area is 126 Å². The van der Waals surface area contributed by atoms with Gasteiger partial charge in [-0.25, -0.2) is 0 Å². The Bertz CT molecular complexity index is 622. The van der Waals surface area contributed by atoms with Crippen molar-refractivity contribution in [3.8, 4) is 0 Å². The Kier molecular flexibility index (Phi) is 4.99. The van der Waals surface area contributed by atoms with Crippen LogP contribution in [0.3, 0.4) is 0 Å². The van der Waals surface area contributed by atoms with Gasteiger partial charge in [0.2, 0.25) is 5.91 Å². The van der Waals surface area contributed by atoms with Crippen molar-refractivity contribution in [2.24, 2.45) is 0 Å². The molecule has 3 nitrogen and oxygen atoms in total. The number of hydrogen-bond acceptors (Lipinski definition) is 2. The monoisotopic (exact) mass is 282 g/mol. The highest BCUT2D eigenvalue weighted by Crippen LogP contribution is 2.22. The lowest BCUT2D eigenvalue weighted by atomic mass is 10.1. The summed E-state index contributed by atoms with van der Waals surface area (Å²) in [5.41, 5.74) is 4.41. The third kappa shape index (κ3) is 4.35. The molecule has 2 N–H and O–H groups in total. The van der Waals surface area contributed by atoms with Gasteiger partial charge in [0, 0.05) is 24.3 Å². The summed E-state index contributed by atoms with van der Waals surface area (Å²) in [4.78, 5) is 11.1. The smallest absolute Gasteiger partial charge is 0.221 e. The number of nitrogens with one attached hydrogen (secondary N) is 2. The Morgan fingerprint density at radius 1 is 1.10 bits per heavy atom. The molecule has 0 bridgehead atoms. The molecule has 0 radical (unpaired) electrons. The van der Waals surface area contributed by atoms with Crippen molar-refractivity contribution >= 4 is 17.3 Å². The van der Waals surface area contributed by atoms with Crippen LogP contribution in [0.2, 0.25) is 0 Å². The van der Waals surface area contributed by atoms with Crippen LogP contribution in [0, 0.1) is 0 Å². The minimum Gasteiger partial charge on any atom is -0.379 e. The maximum absolute atomic E-state index is 11.1. The van der Waals surface area contributed by atoms with Gasteiger partial charge in [-0.15, -0.1) is 0 Å². The average molecular weight is 282 g/mol. The van der Waals surface area contributed by atoms with Crippen molar-refractivity contribution in [2.75, 3.05) is 10.6 Å². The van der Waals surface area contributed by atoms with E-state index in [1.54, 1.807) is 0 Å². The maximum atomic E-state index is 11.1. The summed E-state index contributed by atoms with van der Waals surface area (Å²) in [5, 5.41) is 6.32. The van der Waals surface area contributed by atoms with E-state index in [1.807, 2.05) is 18.2 Å². The molecule has 0 spiro atoms. The van der Waals surface area contributed by atoms with Crippen molar-refractivity contribution in [1.82, 2.24) is 0 Å². The molecular weight excluding hydrogens is 260 g/mol. The lowest BCUT2D eigenvalue weighted by Gasteiger charge is -2.17. The zero-order chi connectivity index (χ0) is 15.2. The number of aryl methyl sites for hydroxylation is 1. The molecule has 21 heavy (non-hydrogen) atoms. The molecule has 2 rings (SSSR count). The molecule has 0 aliphatic rings. The van der Waals surface area contributed by atoms with Gasteiger partial charge in [0.25, 0.3) is 0 Å². The van der Waals surface area contributed by atoms with Crippen molar-refractivity contribution in [2.45, 2.75) is 33.2 Å². The van der Waals surface area contributed by atoms with Crippen molar-refractivity contribution in [1.29, 1.82) is 0 Å². The van der Waals surface area contributed by atoms with E-state index in [1.165, 1.54) is 12.5 Å². The fourth-order valence-electron chi connectivity index (χ4n) is 2.30. The highest BCUT2D eigenvalue weighted by molar-refractivity contribution is 5.88. The van der Waals surface area contributed by atoms with E-state index in [9.17, 15) is 4.79 Å². The van der Waals surface area contributed by atoms with Crippen LogP contribution in [0.1, 0.15) is 37.9 Å². The van der Waals surface area contributed by atoms with Crippen LogP contribution in [0.25, 0.3) is 0 Å². The van der Waals surface area contributed by atoms with Gasteiger partial charge in [-0.2, -0.15) is 0 Å². The molecule has 0 aromatic heterocycles. The molecule has 0 saturated carbocycles. The molecule has 1 unspecified atom stereocenters. The maximum Gasteiger partial charge on any atom is 0.221 e. The second-order valence-corrected chi connectivity index (χ2v) is 5.23. The van der Waals surface area contributed by atoms with Crippen molar-refractivity contribution in [3.63, 3.8) is 0 Å². The zero-order valence-corrected chi connectivity index (χ0v) is 12.8. The van der Waals surface area contributed by atoms with Crippen molar-refractivity contribution in [3.05, 3.63) is 59.7 Å². The average Bonchev–Trinajstić information content (AvgIpc) is 2.47. The largest absolute Gasteiger partial charge is 0.379 e. The van der Waals surface area contributed by atoms with Gasteiger partial charge in [0.05, 0.1) is 0 Å². The first-order valence-corrected chi connectivity index (χ1v) is 7.31. The molecule has 3 heteroatoms. The van der Waals surface area contributed by atoms with E-state index in [2.05, 4.69) is 54.8 Å². The molecule has 0 heterocycles. The second kappa shape index (κ2) is 6.93. The number of amides is 1. The first-order valence-electron chi connectivity index (χ1n) is 7.31. The molecule has 2 aromatic carbocycles. The SMILES string of the molecule is CCc1cccc(NC(C)c2cccc(NC(C)=O)c2)c1. The quantitative estimate of drug-likeness (QED) is 0.854. The van der Waals surface area contributed by atoms with E-state index in [0.717, 1.165) is 23.4 Å². The fraction of sp³-hybridized carbons (Fsp3) is 0.278. The first-order chi connectivity index (χ1) is 10.1. The van der Waals surface area contributed by atoms with Crippen LogP contribution in [-0.2, 0) is 11.2 Å². The standard InChI is InChI=1S/C18H22N2O/c1-4-15-7-5-9-17(11-15)19-13(2)16-8-6-10-18(12-16)20-14(3)21/h5-13,19H,4H2,1-3H3,(H,20,21). The summed E-state index contributed by atoms with van der Waals surface area (Å²) in [7, 11) is 0. The van der Waals surface area contributed by atoms with Gasteiger partial charge in [-0.05, 0) is 48.7 Å². The normalized spacial score (nSPS) is 11.8. The van der Waals surface area contributed by atoms with Gasteiger partial charge < -0.3 is 10.6 Å². The van der Waals surface area contributed by atoms with E-state index in [4.69, 9.17) is 0 Å². The molecule has 0 fully saturated rings. The van der Waals surface area contributed by atoms with Gasteiger partial charge in [0.15, 0.2) is 0 Å². The van der Waals surface area contributed by atoms with Crippen LogP contribution in [0.5, 0.6) is 0 Å². The summed E-state index contributed by atoms with van der Waals surface area (Å²) in [6.07, 6.45) is 1.03. The number of benzene rings is 2. The zero-order valence-electron chi connectivity index (χ0n) is 12.8. The minimum absolute atomic E-state index is 0.0524. The van der Waals surface area contributed by atoms with Crippen LogP contribution >= 0.6 is 0 Å². The molecule has 110 valence electrons. The Morgan fingerprint density at radius 2 is 1.81 bits per heavy atom.